The summed E-state index contributed by atoms with van der Waals surface area (Å²) in [6, 6.07) is 12.3. The highest BCUT2D eigenvalue weighted by Gasteiger charge is 2.15. The van der Waals surface area contributed by atoms with Gasteiger partial charge in [-0.05, 0) is 36.4 Å². The number of thiazole rings is 1. The lowest BCUT2D eigenvalue weighted by Gasteiger charge is -2.03. The third-order valence-corrected chi connectivity index (χ3v) is 5.80. The molecule has 0 atom stereocenters. The minimum absolute atomic E-state index is 0.0351. The number of aryl methyl sites for hydroxylation is 2. The molecule has 0 fully saturated rings. The summed E-state index contributed by atoms with van der Waals surface area (Å²) >= 11 is 3.16. The average molecular weight is 342 g/mol. The first kappa shape index (κ1) is 15.9. The van der Waals surface area contributed by atoms with Gasteiger partial charge in [-0.1, -0.05) is 30.3 Å². The molecule has 0 unspecified atom stereocenters. The molecule has 0 aliphatic rings. The Kier molecular flexibility index (Phi) is 4.88. The Balaban J connectivity index is 1.68. The molecular weight excluding hydrogens is 324 g/mol. The Labute approximate surface area is 144 Å². The van der Waals surface area contributed by atoms with E-state index in [1.54, 1.807) is 11.3 Å². The van der Waals surface area contributed by atoms with E-state index >= 15 is 0 Å². The summed E-state index contributed by atoms with van der Waals surface area (Å²) < 4.78 is 0. The van der Waals surface area contributed by atoms with Gasteiger partial charge < -0.3 is 5.32 Å². The van der Waals surface area contributed by atoms with Gasteiger partial charge in [0.05, 0.1) is 17.2 Å². The zero-order chi connectivity index (χ0) is 16.2. The Bertz CT molecular complexity index is 806. The Hall–Kier alpha value is -1.98. The Morgan fingerprint density at radius 3 is 2.65 bits per heavy atom. The van der Waals surface area contributed by atoms with Crippen LogP contribution in [0.4, 0.5) is 0 Å². The maximum Gasteiger partial charge on any atom is 0.263 e. The molecule has 23 heavy (non-hydrogen) atoms. The van der Waals surface area contributed by atoms with Gasteiger partial charge in [0, 0.05) is 11.3 Å². The number of rotatable bonds is 5. The first-order chi connectivity index (χ1) is 11.1. The summed E-state index contributed by atoms with van der Waals surface area (Å²) in [4.78, 5) is 18.9. The standard InChI is InChI=1S/C18H18N2OS2/c1-12-8-9-22-15(12)11-19-18(21)17-13(2)20-16(23-17)10-14-6-4-3-5-7-14/h3-9H,10-11H2,1-2H3,(H,19,21). The molecule has 2 heterocycles. The van der Waals surface area contributed by atoms with E-state index in [9.17, 15) is 4.79 Å². The molecule has 1 amide bonds. The van der Waals surface area contributed by atoms with Crippen molar-refractivity contribution in [1.29, 1.82) is 0 Å². The van der Waals surface area contributed by atoms with Crippen molar-refractivity contribution in [3.8, 4) is 0 Å². The first-order valence-corrected chi connectivity index (χ1v) is 9.14. The topological polar surface area (TPSA) is 42.0 Å². The monoisotopic (exact) mass is 342 g/mol. The molecule has 0 bridgehead atoms. The number of carbonyl (C=O) groups is 1. The van der Waals surface area contributed by atoms with Crippen molar-refractivity contribution >= 4 is 28.6 Å². The van der Waals surface area contributed by atoms with E-state index in [2.05, 4.69) is 35.4 Å². The first-order valence-electron chi connectivity index (χ1n) is 7.45. The van der Waals surface area contributed by atoms with E-state index in [0.29, 0.717) is 11.4 Å². The maximum absolute atomic E-state index is 12.4. The van der Waals surface area contributed by atoms with Crippen LogP contribution in [0.3, 0.4) is 0 Å². The second-order valence-electron chi connectivity index (χ2n) is 5.39. The molecule has 2 aromatic heterocycles. The van der Waals surface area contributed by atoms with Crippen LogP contribution in [0.15, 0.2) is 41.8 Å². The minimum atomic E-state index is -0.0351. The van der Waals surface area contributed by atoms with Crippen molar-refractivity contribution in [2.24, 2.45) is 0 Å². The van der Waals surface area contributed by atoms with Gasteiger partial charge in [0.15, 0.2) is 0 Å². The molecule has 0 saturated carbocycles. The van der Waals surface area contributed by atoms with E-state index in [1.165, 1.54) is 27.3 Å². The van der Waals surface area contributed by atoms with Crippen molar-refractivity contribution in [3.63, 3.8) is 0 Å². The van der Waals surface area contributed by atoms with Crippen LogP contribution >= 0.6 is 22.7 Å². The summed E-state index contributed by atoms with van der Waals surface area (Å²) in [5.74, 6) is -0.0351. The molecule has 1 aromatic carbocycles. The third kappa shape index (κ3) is 3.86. The minimum Gasteiger partial charge on any atom is -0.346 e. The number of hydrogen-bond acceptors (Lipinski definition) is 4. The molecule has 0 saturated heterocycles. The lowest BCUT2D eigenvalue weighted by molar-refractivity contribution is 0.0954. The van der Waals surface area contributed by atoms with Crippen LogP contribution in [-0.2, 0) is 13.0 Å². The van der Waals surface area contributed by atoms with Crippen molar-refractivity contribution in [2.75, 3.05) is 0 Å². The summed E-state index contributed by atoms with van der Waals surface area (Å²) in [5.41, 5.74) is 3.24. The molecule has 3 rings (SSSR count). The quantitative estimate of drug-likeness (QED) is 0.749. The number of carbonyl (C=O) groups excluding carboxylic acids is 1. The third-order valence-electron chi connectivity index (χ3n) is 3.62. The normalized spacial score (nSPS) is 10.7. The summed E-state index contributed by atoms with van der Waals surface area (Å²) in [7, 11) is 0. The fraction of sp³-hybridized carbons (Fsp3) is 0.222. The number of thiophene rings is 1. The zero-order valence-electron chi connectivity index (χ0n) is 13.1. The van der Waals surface area contributed by atoms with Gasteiger partial charge in [-0.2, -0.15) is 0 Å². The Morgan fingerprint density at radius 2 is 1.96 bits per heavy atom. The lowest BCUT2D eigenvalue weighted by Crippen LogP contribution is -2.22. The van der Waals surface area contributed by atoms with Crippen LogP contribution in [0.25, 0.3) is 0 Å². The van der Waals surface area contributed by atoms with Gasteiger partial charge in [0.2, 0.25) is 0 Å². The highest BCUT2D eigenvalue weighted by atomic mass is 32.1. The van der Waals surface area contributed by atoms with Crippen LogP contribution in [0, 0.1) is 13.8 Å². The van der Waals surface area contributed by atoms with Gasteiger partial charge >= 0.3 is 0 Å². The fourth-order valence-corrected chi connectivity index (χ4v) is 4.20. The molecule has 5 heteroatoms. The largest absolute Gasteiger partial charge is 0.346 e. The number of aromatic nitrogens is 1. The summed E-state index contributed by atoms with van der Waals surface area (Å²) in [6.45, 7) is 4.54. The smallest absolute Gasteiger partial charge is 0.263 e. The van der Waals surface area contributed by atoms with Crippen LogP contribution in [-0.4, -0.2) is 10.9 Å². The van der Waals surface area contributed by atoms with E-state index in [-0.39, 0.29) is 5.91 Å². The predicted molar refractivity (Wildman–Crippen MR) is 96.3 cm³/mol. The fourth-order valence-electron chi connectivity index (χ4n) is 2.34. The van der Waals surface area contributed by atoms with Gasteiger partial charge in [-0.15, -0.1) is 22.7 Å². The molecule has 0 radical (unpaired) electrons. The van der Waals surface area contributed by atoms with Crippen LogP contribution < -0.4 is 5.32 Å². The molecule has 118 valence electrons. The number of nitrogens with zero attached hydrogens (tertiary/aromatic N) is 1. The number of hydrogen-bond donors (Lipinski definition) is 1. The van der Waals surface area contributed by atoms with Crippen LogP contribution in [0.5, 0.6) is 0 Å². The van der Waals surface area contributed by atoms with Crippen molar-refractivity contribution in [3.05, 3.63) is 73.4 Å². The molecule has 0 aliphatic carbocycles. The second kappa shape index (κ2) is 7.06. The second-order valence-corrected chi connectivity index (χ2v) is 7.48. The molecule has 3 nitrogen and oxygen atoms in total. The lowest BCUT2D eigenvalue weighted by atomic mass is 10.2. The van der Waals surface area contributed by atoms with Crippen molar-refractivity contribution < 1.29 is 4.79 Å². The van der Waals surface area contributed by atoms with E-state index < -0.39 is 0 Å². The highest BCUT2D eigenvalue weighted by molar-refractivity contribution is 7.13. The summed E-state index contributed by atoms with van der Waals surface area (Å²) in [6.07, 6.45) is 0.768. The number of amides is 1. The predicted octanol–water partition coefficient (Wildman–Crippen LogP) is 4.34. The zero-order valence-corrected chi connectivity index (χ0v) is 14.8. The summed E-state index contributed by atoms with van der Waals surface area (Å²) in [5, 5.41) is 6.03. The van der Waals surface area contributed by atoms with E-state index in [1.807, 2.05) is 30.5 Å². The van der Waals surface area contributed by atoms with Gasteiger partial charge in [0.1, 0.15) is 4.88 Å². The Morgan fingerprint density at radius 1 is 1.17 bits per heavy atom. The molecular formula is C18H18N2OS2. The maximum atomic E-state index is 12.4. The van der Waals surface area contributed by atoms with Gasteiger partial charge in [0.25, 0.3) is 5.91 Å². The van der Waals surface area contributed by atoms with Crippen molar-refractivity contribution in [1.82, 2.24) is 10.3 Å². The van der Waals surface area contributed by atoms with Crippen molar-refractivity contribution in [2.45, 2.75) is 26.8 Å². The number of benzene rings is 1. The van der Waals surface area contributed by atoms with Gasteiger partial charge in [-0.3, -0.25) is 4.79 Å². The average Bonchev–Trinajstić information content (AvgIpc) is 3.12. The molecule has 0 spiro atoms. The SMILES string of the molecule is Cc1ccsc1CNC(=O)c1sc(Cc2ccccc2)nc1C. The van der Waals surface area contributed by atoms with Crippen LogP contribution in [0.1, 0.15) is 36.4 Å². The van der Waals surface area contributed by atoms with Gasteiger partial charge in [-0.25, -0.2) is 4.98 Å². The number of nitrogens with one attached hydrogen (secondary N) is 1. The highest BCUT2D eigenvalue weighted by Crippen LogP contribution is 2.21. The van der Waals surface area contributed by atoms with E-state index in [4.69, 9.17) is 0 Å². The molecule has 0 aliphatic heterocycles. The van der Waals surface area contributed by atoms with Crippen LogP contribution in [0.2, 0.25) is 0 Å². The molecule has 1 N–H and O–H groups in total. The van der Waals surface area contributed by atoms with E-state index in [0.717, 1.165) is 17.1 Å². The molecule has 3 aromatic rings.